The molecule has 1 aliphatic rings. The number of carboxylic acids is 1. The minimum Gasteiger partial charge on any atom is -0.488 e. The minimum atomic E-state index is -1.24. The van der Waals surface area contributed by atoms with Crippen molar-refractivity contribution in [1.82, 2.24) is 4.90 Å². The van der Waals surface area contributed by atoms with Crippen molar-refractivity contribution < 1.29 is 24.2 Å². The highest BCUT2D eigenvalue weighted by Gasteiger charge is 2.39. The summed E-state index contributed by atoms with van der Waals surface area (Å²) in [7, 11) is 3.04. The summed E-state index contributed by atoms with van der Waals surface area (Å²) in [5.74, 6) is -0.726. The van der Waals surface area contributed by atoms with Crippen LogP contribution in [0.4, 0.5) is 10.5 Å². The van der Waals surface area contributed by atoms with Crippen molar-refractivity contribution in [3.8, 4) is 5.75 Å². The van der Waals surface area contributed by atoms with E-state index in [2.05, 4.69) is 0 Å². The number of benzene rings is 3. The van der Waals surface area contributed by atoms with Crippen LogP contribution in [0.2, 0.25) is 0 Å². The number of fused-ring (bicyclic) bond motifs is 1. The molecule has 0 spiro atoms. The number of aliphatic carboxylic acids is 1. The molecular weight excluding hydrogens is 420 g/mol. The first-order valence-corrected chi connectivity index (χ1v) is 10.4. The lowest BCUT2D eigenvalue weighted by atomic mass is 9.98. The third kappa shape index (κ3) is 4.44. The molecule has 0 saturated carbocycles. The number of rotatable bonds is 6. The van der Waals surface area contributed by atoms with Crippen molar-refractivity contribution in [3.63, 3.8) is 0 Å². The van der Waals surface area contributed by atoms with Gasteiger partial charge in [0, 0.05) is 31.0 Å². The van der Waals surface area contributed by atoms with Gasteiger partial charge in [0.15, 0.2) is 6.23 Å². The summed E-state index contributed by atoms with van der Waals surface area (Å²) >= 11 is 0. The lowest BCUT2D eigenvalue weighted by Gasteiger charge is -2.37. The number of hydrogen-bond donors (Lipinski definition) is 1. The first kappa shape index (κ1) is 22.1. The Kier molecular flexibility index (Phi) is 6.42. The molecule has 0 bridgehead atoms. The molecule has 1 unspecified atom stereocenters. The number of carboxylic acid groups (broad SMARTS) is 1. The van der Waals surface area contributed by atoms with Gasteiger partial charge in [-0.3, -0.25) is 9.80 Å². The molecule has 0 aromatic heterocycles. The zero-order valence-corrected chi connectivity index (χ0v) is 18.3. The molecule has 4 rings (SSSR count). The smallest absolute Gasteiger partial charge is 0.352 e. The van der Waals surface area contributed by atoms with Gasteiger partial charge < -0.3 is 14.6 Å². The first-order chi connectivity index (χ1) is 16.0. The highest BCUT2D eigenvalue weighted by atomic mass is 16.5. The van der Waals surface area contributed by atoms with Crippen LogP contribution in [0.25, 0.3) is 6.08 Å². The van der Waals surface area contributed by atoms with Gasteiger partial charge in [-0.05, 0) is 29.8 Å². The van der Waals surface area contributed by atoms with E-state index in [1.54, 1.807) is 37.4 Å². The quantitative estimate of drug-likeness (QED) is 0.585. The largest absolute Gasteiger partial charge is 0.488 e. The number of para-hydroxylation sites is 1. The lowest BCUT2D eigenvalue weighted by Crippen LogP contribution is -2.46. The second-order valence-electron chi connectivity index (χ2n) is 7.50. The van der Waals surface area contributed by atoms with Crippen LogP contribution in [0.3, 0.4) is 0 Å². The van der Waals surface area contributed by atoms with Crippen LogP contribution in [-0.4, -0.2) is 36.2 Å². The predicted octanol–water partition coefficient (Wildman–Crippen LogP) is 4.91. The molecule has 1 aliphatic heterocycles. The SMILES string of the molecule is COC1c2cccc(OCc3ccccc3)c2C=C(C(=O)O)N1C(=O)N(C)c1ccccc1. The number of carbonyl (C=O) groups excluding carboxylic acids is 1. The summed E-state index contributed by atoms with van der Waals surface area (Å²) < 4.78 is 11.7. The second-order valence-corrected chi connectivity index (χ2v) is 7.50. The molecular formula is C26H24N2O5. The summed E-state index contributed by atoms with van der Waals surface area (Å²) in [6.45, 7) is 0.324. The fraction of sp³-hybridized carbons (Fsp3) is 0.154. The number of carbonyl (C=O) groups is 2. The molecule has 2 amide bonds. The number of hydrogen-bond acceptors (Lipinski definition) is 4. The van der Waals surface area contributed by atoms with Crippen molar-refractivity contribution in [3.05, 3.63) is 101 Å². The molecule has 7 heteroatoms. The Bertz CT molecular complexity index is 1180. The zero-order chi connectivity index (χ0) is 23.4. The van der Waals surface area contributed by atoms with E-state index < -0.39 is 18.2 Å². The van der Waals surface area contributed by atoms with E-state index in [9.17, 15) is 14.7 Å². The van der Waals surface area contributed by atoms with E-state index in [1.165, 1.54) is 18.1 Å². The summed E-state index contributed by atoms with van der Waals surface area (Å²) in [6, 6.07) is 23.5. The molecule has 7 nitrogen and oxygen atoms in total. The summed E-state index contributed by atoms with van der Waals surface area (Å²) in [4.78, 5) is 28.2. The molecule has 168 valence electrons. The number of methoxy groups -OCH3 is 1. The second kappa shape index (κ2) is 9.58. The lowest BCUT2D eigenvalue weighted by molar-refractivity contribution is -0.135. The van der Waals surface area contributed by atoms with Gasteiger partial charge in [-0.15, -0.1) is 0 Å². The maximum Gasteiger partial charge on any atom is 0.352 e. The Hall–Kier alpha value is -4.10. The van der Waals surface area contributed by atoms with Gasteiger partial charge in [0.25, 0.3) is 0 Å². The monoisotopic (exact) mass is 444 g/mol. The molecule has 1 atom stereocenters. The highest BCUT2D eigenvalue weighted by molar-refractivity contribution is 6.02. The summed E-state index contributed by atoms with van der Waals surface area (Å²) in [6.07, 6.45) is 0.527. The molecule has 3 aromatic rings. The maximum atomic E-state index is 13.4. The van der Waals surface area contributed by atoms with Gasteiger partial charge in [0.1, 0.15) is 18.1 Å². The molecule has 1 N–H and O–H groups in total. The summed E-state index contributed by atoms with van der Waals surface area (Å²) in [5, 5.41) is 9.97. The third-order valence-electron chi connectivity index (χ3n) is 5.46. The molecule has 0 saturated heterocycles. The van der Waals surface area contributed by atoms with E-state index in [0.717, 1.165) is 10.5 Å². The Morgan fingerprint density at radius 2 is 1.64 bits per heavy atom. The van der Waals surface area contributed by atoms with Crippen molar-refractivity contribution in [2.45, 2.75) is 12.8 Å². The Labute approximate surface area is 192 Å². The van der Waals surface area contributed by atoms with Crippen molar-refractivity contribution in [2.75, 3.05) is 19.1 Å². The molecule has 1 heterocycles. The van der Waals surface area contributed by atoms with E-state index in [1.807, 2.05) is 48.5 Å². The van der Waals surface area contributed by atoms with Crippen molar-refractivity contribution in [2.24, 2.45) is 0 Å². The number of ether oxygens (including phenoxy) is 2. The fourth-order valence-electron chi connectivity index (χ4n) is 3.79. The fourth-order valence-corrected chi connectivity index (χ4v) is 3.79. The van der Waals surface area contributed by atoms with E-state index in [4.69, 9.17) is 9.47 Å². The normalized spacial score (nSPS) is 14.8. The number of nitrogens with zero attached hydrogens (tertiary/aromatic N) is 2. The molecule has 33 heavy (non-hydrogen) atoms. The number of urea groups is 1. The average Bonchev–Trinajstić information content (AvgIpc) is 2.86. The third-order valence-corrected chi connectivity index (χ3v) is 5.46. The highest BCUT2D eigenvalue weighted by Crippen LogP contribution is 2.40. The Balaban J connectivity index is 1.72. The topological polar surface area (TPSA) is 79.3 Å². The van der Waals surface area contributed by atoms with Gasteiger partial charge >= 0.3 is 12.0 Å². The van der Waals surface area contributed by atoms with Crippen LogP contribution in [0.5, 0.6) is 5.75 Å². The van der Waals surface area contributed by atoms with E-state index in [0.29, 0.717) is 29.2 Å². The minimum absolute atomic E-state index is 0.196. The van der Waals surface area contributed by atoms with Crippen LogP contribution in [-0.2, 0) is 16.1 Å². The Morgan fingerprint density at radius 3 is 2.27 bits per heavy atom. The van der Waals surface area contributed by atoms with Crippen LogP contribution in [0, 0.1) is 0 Å². The van der Waals surface area contributed by atoms with Gasteiger partial charge in [-0.2, -0.15) is 0 Å². The standard InChI is InChI=1S/C26H24N2O5/c1-27(19-12-7-4-8-13-19)26(31)28-22(25(29)30)16-21-20(24(28)32-2)14-9-15-23(21)33-17-18-10-5-3-6-11-18/h3-16,24H,17H2,1-2H3,(H,29,30). The predicted molar refractivity (Wildman–Crippen MR) is 125 cm³/mol. The average molecular weight is 444 g/mol. The van der Waals surface area contributed by atoms with Gasteiger partial charge in [-0.25, -0.2) is 9.59 Å². The van der Waals surface area contributed by atoms with Crippen LogP contribution in [0.15, 0.2) is 84.6 Å². The zero-order valence-electron chi connectivity index (χ0n) is 18.3. The van der Waals surface area contributed by atoms with Crippen molar-refractivity contribution in [1.29, 1.82) is 0 Å². The van der Waals surface area contributed by atoms with Crippen molar-refractivity contribution >= 4 is 23.8 Å². The Morgan fingerprint density at radius 1 is 0.970 bits per heavy atom. The maximum absolute atomic E-state index is 13.4. The van der Waals surface area contributed by atoms with Gasteiger partial charge in [-0.1, -0.05) is 60.7 Å². The number of amides is 2. The van der Waals surface area contributed by atoms with E-state index >= 15 is 0 Å². The molecule has 0 fully saturated rings. The molecule has 3 aromatic carbocycles. The number of anilines is 1. The van der Waals surface area contributed by atoms with Crippen LogP contribution in [0.1, 0.15) is 22.9 Å². The summed E-state index contributed by atoms with van der Waals surface area (Å²) in [5.41, 5.74) is 2.63. The molecule has 0 aliphatic carbocycles. The van der Waals surface area contributed by atoms with Crippen LogP contribution >= 0.6 is 0 Å². The van der Waals surface area contributed by atoms with Gasteiger partial charge in [0.05, 0.1) is 0 Å². The first-order valence-electron chi connectivity index (χ1n) is 10.4. The molecule has 0 radical (unpaired) electrons. The van der Waals surface area contributed by atoms with Gasteiger partial charge in [0.2, 0.25) is 0 Å². The van der Waals surface area contributed by atoms with E-state index in [-0.39, 0.29) is 5.70 Å². The van der Waals surface area contributed by atoms with Crippen LogP contribution < -0.4 is 9.64 Å².